The second-order valence-corrected chi connectivity index (χ2v) is 10.4. The van der Waals surface area contributed by atoms with Crippen molar-refractivity contribution in [3.63, 3.8) is 0 Å². The van der Waals surface area contributed by atoms with Gasteiger partial charge >= 0.3 is 6.09 Å². The van der Waals surface area contributed by atoms with Crippen molar-refractivity contribution in [2.24, 2.45) is 0 Å². The average Bonchev–Trinajstić information content (AvgIpc) is 3.36. The Bertz CT molecular complexity index is 1330. The third kappa shape index (κ3) is 6.95. The van der Waals surface area contributed by atoms with Crippen molar-refractivity contribution in [2.75, 3.05) is 32.9 Å². The van der Waals surface area contributed by atoms with Crippen molar-refractivity contribution >= 4 is 34.5 Å². The van der Waals surface area contributed by atoms with Gasteiger partial charge in [0.1, 0.15) is 6.61 Å². The number of halogens is 1. The average molecular weight is 554 g/mol. The van der Waals surface area contributed by atoms with Gasteiger partial charge in [-0.2, -0.15) is 0 Å². The smallest absolute Gasteiger partial charge is 0.407 e. The van der Waals surface area contributed by atoms with Crippen LogP contribution in [0.4, 0.5) is 4.79 Å². The van der Waals surface area contributed by atoms with Crippen LogP contribution >= 0.6 is 11.6 Å². The number of carbonyl (C=O) groups excluding carboxylic acids is 2. The first-order valence-corrected chi connectivity index (χ1v) is 13.6. The lowest BCUT2D eigenvalue weighted by Gasteiger charge is -2.27. The number of alkyl carbamates (subject to hydrolysis) is 1. The fraction of sp³-hybridized carbons (Fsp3) is 0.429. The van der Waals surface area contributed by atoms with E-state index in [9.17, 15) is 14.7 Å². The quantitative estimate of drug-likeness (QED) is 0.325. The number of aromatic hydroxyl groups is 1. The molecule has 0 aliphatic carbocycles. The number of aromatic nitrogens is 2. The number of unbranched alkanes of at least 4 members (excludes halogenated alkanes) is 1. The molecule has 0 bridgehead atoms. The van der Waals surface area contributed by atoms with Crippen LogP contribution in [0.25, 0.3) is 10.9 Å². The minimum Gasteiger partial charge on any atom is -0.505 e. The maximum Gasteiger partial charge on any atom is 0.407 e. The largest absolute Gasteiger partial charge is 0.505 e. The van der Waals surface area contributed by atoms with Gasteiger partial charge in [-0.3, -0.25) is 9.69 Å². The third-order valence-electron chi connectivity index (χ3n) is 7.06. The first kappa shape index (κ1) is 27.1. The fourth-order valence-corrected chi connectivity index (χ4v) is 5.07. The van der Waals surface area contributed by atoms with Crippen LogP contribution in [0.3, 0.4) is 0 Å². The number of amides is 2. The van der Waals surface area contributed by atoms with Gasteiger partial charge in [-0.25, -0.2) is 4.79 Å². The first-order valence-electron chi connectivity index (χ1n) is 13.2. The Kier molecular flexibility index (Phi) is 8.75. The molecule has 2 aliphatic rings. The lowest BCUT2D eigenvalue weighted by Crippen LogP contribution is -2.35. The molecule has 5 rings (SSSR count). The maximum absolute atomic E-state index is 12.9. The molecule has 0 saturated carbocycles. The molecule has 206 valence electrons. The Morgan fingerprint density at radius 3 is 2.67 bits per heavy atom. The molecule has 2 saturated heterocycles. The zero-order valence-corrected chi connectivity index (χ0v) is 22.4. The summed E-state index contributed by atoms with van der Waals surface area (Å²) >= 11 is 5.94. The SMILES string of the molecule is O=C1N[C@H](CCCCc2cc(CN3CCOCC3)cc3c(O)c(C(=O)NCc4ccc(Cl)cc4)nnc23)CO1. The second-order valence-electron chi connectivity index (χ2n) is 9.93. The number of carbonyl (C=O) groups is 2. The summed E-state index contributed by atoms with van der Waals surface area (Å²) in [6.45, 7) is 4.43. The topological polar surface area (TPSA) is 126 Å². The normalized spacial score (nSPS) is 17.7. The van der Waals surface area contributed by atoms with Gasteiger partial charge in [0.2, 0.25) is 0 Å². The van der Waals surface area contributed by atoms with Gasteiger partial charge in [-0.1, -0.05) is 36.2 Å². The molecule has 0 unspecified atom stereocenters. The van der Waals surface area contributed by atoms with Crippen molar-refractivity contribution in [3.8, 4) is 5.75 Å². The summed E-state index contributed by atoms with van der Waals surface area (Å²) in [6.07, 6.45) is 2.96. The Balaban J connectivity index is 1.34. The molecular weight excluding hydrogens is 522 g/mol. The first-order chi connectivity index (χ1) is 19.0. The lowest BCUT2D eigenvalue weighted by molar-refractivity contribution is 0.0342. The summed E-state index contributed by atoms with van der Waals surface area (Å²) in [4.78, 5) is 26.5. The number of hydrogen-bond acceptors (Lipinski definition) is 8. The van der Waals surface area contributed by atoms with Crippen LogP contribution in [0.5, 0.6) is 5.75 Å². The Hall–Kier alpha value is -3.47. The summed E-state index contributed by atoms with van der Waals surface area (Å²) in [7, 11) is 0. The van der Waals surface area contributed by atoms with E-state index in [0.717, 1.165) is 55.5 Å². The summed E-state index contributed by atoms with van der Waals surface area (Å²) in [5.74, 6) is -0.678. The molecule has 10 nitrogen and oxygen atoms in total. The van der Waals surface area contributed by atoms with Crippen LogP contribution in [-0.4, -0.2) is 71.2 Å². The number of morpholine rings is 1. The number of rotatable bonds is 10. The van der Waals surface area contributed by atoms with Gasteiger partial charge in [-0.05, 0) is 54.2 Å². The highest BCUT2D eigenvalue weighted by Gasteiger charge is 2.22. The highest BCUT2D eigenvalue weighted by molar-refractivity contribution is 6.30. The molecule has 1 aromatic heterocycles. The molecule has 2 fully saturated rings. The standard InChI is InChI=1S/C28H32ClN5O5/c29-21-7-5-18(6-8-21)15-30-27(36)25-26(35)23-14-19(16-34-9-11-38-12-10-34)13-20(24(23)32-33-25)3-1-2-4-22-17-39-28(37)31-22/h5-8,13-14,22H,1-4,9-12,15-17H2,(H,30,36)(H,31,37)(H,32,35)/t22-/m1/s1. The predicted octanol–water partition coefficient (Wildman–Crippen LogP) is 3.57. The molecule has 3 N–H and O–H groups in total. The van der Waals surface area contributed by atoms with Crippen LogP contribution in [0, 0.1) is 0 Å². The Morgan fingerprint density at radius 2 is 1.92 bits per heavy atom. The molecule has 3 heterocycles. The molecule has 2 aromatic carbocycles. The van der Waals surface area contributed by atoms with E-state index in [1.54, 1.807) is 12.1 Å². The highest BCUT2D eigenvalue weighted by atomic mass is 35.5. The summed E-state index contributed by atoms with van der Waals surface area (Å²) < 4.78 is 10.5. The van der Waals surface area contributed by atoms with Gasteiger partial charge < -0.3 is 25.2 Å². The molecule has 3 aromatic rings. The van der Waals surface area contributed by atoms with E-state index < -0.39 is 5.91 Å². The minimum atomic E-state index is -0.502. The Labute approximate surface area is 231 Å². The van der Waals surface area contributed by atoms with Crippen LogP contribution in [0.1, 0.15) is 46.4 Å². The summed E-state index contributed by atoms with van der Waals surface area (Å²) in [6, 6.07) is 11.2. The zero-order chi connectivity index (χ0) is 27.2. The van der Waals surface area contributed by atoms with E-state index >= 15 is 0 Å². The number of hydrogen-bond donors (Lipinski definition) is 3. The molecule has 0 spiro atoms. The molecule has 39 heavy (non-hydrogen) atoms. The number of fused-ring (bicyclic) bond motifs is 1. The number of nitrogens with zero attached hydrogens (tertiary/aromatic N) is 3. The van der Waals surface area contributed by atoms with Crippen molar-refractivity contribution in [3.05, 3.63) is 63.8 Å². The molecule has 2 aliphatic heterocycles. The van der Waals surface area contributed by atoms with Crippen LogP contribution in [-0.2, 0) is 29.0 Å². The lowest BCUT2D eigenvalue weighted by atomic mass is 9.98. The van der Waals surface area contributed by atoms with E-state index in [2.05, 4.69) is 31.8 Å². The third-order valence-corrected chi connectivity index (χ3v) is 7.31. The van der Waals surface area contributed by atoms with Crippen molar-refractivity contribution in [1.82, 2.24) is 25.7 Å². The predicted molar refractivity (Wildman–Crippen MR) is 146 cm³/mol. The molecular formula is C28H32ClN5O5. The van der Waals surface area contributed by atoms with E-state index in [4.69, 9.17) is 21.1 Å². The number of aryl methyl sites for hydroxylation is 1. The van der Waals surface area contributed by atoms with Gasteiger partial charge in [0, 0.05) is 36.6 Å². The summed E-state index contributed by atoms with van der Waals surface area (Å²) in [5, 5.41) is 26.4. The van der Waals surface area contributed by atoms with Gasteiger partial charge in [-0.15, -0.1) is 10.2 Å². The van der Waals surface area contributed by atoms with Crippen molar-refractivity contribution in [2.45, 2.75) is 44.8 Å². The van der Waals surface area contributed by atoms with E-state index in [1.807, 2.05) is 18.2 Å². The van der Waals surface area contributed by atoms with E-state index in [0.29, 0.717) is 42.3 Å². The van der Waals surface area contributed by atoms with Crippen molar-refractivity contribution < 1.29 is 24.2 Å². The van der Waals surface area contributed by atoms with Crippen LogP contribution in [0.15, 0.2) is 36.4 Å². The van der Waals surface area contributed by atoms with Gasteiger partial charge in [0.15, 0.2) is 11.4 Å². The summed E-state index contributed by atoms with van der Waals surface area (Å²) in [5.41, 5.74) is 3.36. The Morgan fingerprint density at radius 1 is 1.13 bits per heavy atom. The molecule has 2 amide bonds. The van der Waals surface area contributed by atoms with E-state index in [-0.39, 0.29) is 30.1 Å². The van der Waals surface area contributed by atoms with Gasteiger partial charge in [0.05, 0.1) is 24.8 Å². The van der Waals surface area contributed by atoms with Crippen molar-refractivity contribution in [1.29, 1.82) is 0 Å². The second kappa shape index (κ2) is 12.6. The number of benzene rings is 2. The number of ether oxygens (including phenoxy) is 2. The zero-order valence-electron chi connectivity index (χ0n) is 21.6. The van der Waals surface area contributed by atoms with Crippen LogP contribution in [0.2, 0.25) is 5.02 Å². The monoisotopic (exact) mass is 553 g/mol. The molecule has 11 heteroatoms. The van der Waals surface area contributed by atoms with Crippen LogP contribution < -0.4 is 10.6 Å². The number of cyclic esters (lactones) is 1. The number of nitrogens with one attached hydrogen (secondary N) is 2. The van der Waals surface area contributed by atoms with E-state index in [1.165, 1.54) is 0 Å². The minimum absolute atomic E-state index is 0.0414. The fourth-order valence-electron chi connectivity index (χ4n) is 4.94. The highest BCUT2D eigenvalue weighted by Crippen LogP contribution is 2.31. The van der Waals surface area contributed by atoms with Gasteiger partial charge in [0.25, 0.3) is 5.91 Å². The molecule has 0 radical (unpaired) electrons. The maximum atomic E-state index is 12.9. The molecule has 1 atom stereocenters.